The third-order valence-corrected chi connectivity index (χ3v) is 3.15. The highest BCUT2D eigenvalue weighted by Crippen LogP contribution is 2.20. The van der Waals surface area contributed by atoms with Gasteiger partial charge in [0.2, 0.25) is 0 Å². The van der Waals surface area contributed by atoms with Gasteiger partial charge in [0.15, 0.2) is 0 Å². The summed E-state index contributed by atoms with van der Waals surface area (Å²) in [4.78, 5) is 13.7. The van der Waals surface area contributed by atoms with Crippen LogP contribution in [0.5, 0.6) is 0 Å². The lowest BCUT2D eigenvalue weighted by Crippen LogP contribution is -2.46. The molecule has 1 atom stereocenters. The average Bonchev–Trinajstić information content (AvgIpc) is 2.10. The molecule has 1 heterocycles. The summed E-state index contributed by atoms with van der Waals surface area (Å²) < 4.78 is 0. The molecule has 1 unspecified atom stereocenters. The van der Waals surface area contributed by atoms with E-state index in [1.54, 1.807) is 0 Å². The smallest absolute Gasteiger partial charge is 0.135 e. The first-order valence-corrected chi connectivity index (χ1v) is 5.46. The van der Waals surface area contributed by atoms with E-state index in [0.717, 1.165) is 19.4 Å². The molecule has 0 bridgehead atoms. The highest BCUT2D eigenvalue weighted by molar-refractivity contribution is 5.79. The van der Waals surface area contributed by atoms with E-state index in [4.69, 9.17) is 0 Å². The van der Waals surface area contributed by atoms with Crippen molar-refractivity contribution in [1.29, 1.82) is 0 Å². The molecule has 0 aliphatic carbocycles. The van der Waals surface area contributed by atoms with Crippen LogP contribution in [0, 0.1) is 0 Å². The molecular formula is C11H21NO. The number of likely N-dealkylation sites (tertiary alicyclic amines) is 1. The summed E-state index contributed by atoms with van der Waals surface area (Å²) in [6.07, 6.45) is 3.93. The summed E-state index contributed by atoms with van der Waals surface area (Å²) in [5.41, 5.74) is 0. The maximum absolute atomic E-state index is 11.2. The minimum absolute atomic E-state index is 0.440. The Bertz CT molecular complexity index is 175. The van der Waals surface area contributed by atoms with Gasteiger partial charge in [-0.25, -0.2) is 0 Å². The van der Waals surface area contributed by atoms with Gasteiger partial charge in [-0.2, -0.15) is 0 Å². The number of piperidine rings is 1. The highest BCUT2D eigenvalue weighted by Gasteiger charge is 2.27. The summed E-state index contributed by atoms with van der Waals surface area (Å²) in [6, 6.07) is 1.15. The summed E-state index contributed by atoms with van der Waals surface area (Å²) in [5, 5.41) is 0. The van der Waals surface area contributed by atoms with Gasteiger partial charge >= 0.3 is 0 Å². The fourth-order valence-corrected chi connectivity index (χ4v) is 2.32. The Morgan fingerprint density at radius 1 is 1.46 bits per heavy atom. The summed E-state index contributed by atoms with van der Waals surface area (Å²) in [7, 11) is 0. The van der Waals surface area contributed by atoms with E-state index >= 15 is 0 Å². The van der Waals surface area contributed by atoms with Crippen molar-refractivity contribution in [2.45, 2.75) is 58.5 Å². The molecule has 0 saturated carbocycles. The molecule has 0 N–H and O–H groups in total. The quantitative estimate of drug-likeness (QED) is 0.668. The zero-order chi connectivity index (χ0) is 9.84. The molecule has 1 aliphatic rings. The van der Waals surface area contributed by atoms with E-state index in [9.17, 15) is 4.79 Å². The average molecular weight is 183 g/mol. The molecule has 0 spiro atoms. The third-order valence-electron chi connectivity index (χ3n) is 3.15. The normalized spacial score (nSPS) is 25.5. The van der Waals surface area contributed by atoms with Crippen LogP contribution < -0.4 is 0 Å². The van der Waals surface area contributed by atoms with E-state index in [1.807, 2.05) is 0 Å². The van der Waals surface area contributed by atoms with E-state index in [1.165, 1.54) is 12.8 Å². The van der Waals surface area contributed by atoms with Crippen LogP contribution in [0.3, 0.4) is 0 Å². The summed E-state index contributed by atoms with van der Waals surface area (Å²) >= 11 is 0. The van der Waals surface area contributed by atoms with Crippen molar-refractivity contribution in [1.82, 2.24) is 4.90 Å². The lowest BCUT2D eigenvalue weighted by molar-refractivity contribution is -0.123. The van der Waals surface area contributed by atoms with Gasteiger partial charge in [-0.05, 0) is 19.8 Å². The number of hydrogen-bond donors (Lipinski definition) is 0. The minimum atomic E-state index is 0.440. The van der Waals surface area contributed by atoms with E-state index in [0.29, 0.717) is 17.9 Å². The largest absolute Gasteiger partial charge is 0.300 e. The zero-order valence-electron chi connectivity index (χ0n) is 9.05. The first-order valence-electron chi connectivity index (χ1n) is 5.46. The van der Waals surface area contributed by atoms with Crippen molar-refractivity contribution in [2.75, 3.05) is 6.54 Å². The first-order chi connectivity index (χ1) is 6.19. The summed E-state index contributed by atoms with van der Waals surface area (Å²) in [5.74, 6) is 0.440. The molecule has 0 aromatic rings. The lowest BCUT2D eigenvalue weighted by Gasteiger charge is -2.38. The zero-order valence-corrected chi connectivity index (χ0v) is 9.05. The Hall–Kier alpha value is -0.370. The SMILES string of the molecule is CCC(CC)N1CCC(=O)CC1C. The molecule has 1 rings (SSSR count). The van der Waals surface area contributed by atoms with Crippen LogP contribution in [0.25, 0.3) is 0 Å². The van der Waals surface area contributed by atoms with Crippen LogP contribution in [0.4, 0.5) is 0 Å². The maximum atomic E-state index is 11.2. The number of carbonyl (C=O) groups excluding carboxylic acids is 1. The molecule has 2 heteroatoms. The molecule has 0 aromatic heterocycles. The number of Topliss-reactive ketones (excluding diaryl/α,β-unsaturated/α-hetero) is 1. The van der Waals surface area contributed by atoms with Crippen LogP contribution in [0.15, 0.2) is 0 Å². The first kappa shape index (κ1) is 10.7. The molecule has 0 aromatic carbocycles. The topological polar surface area (TPSA) is 20.3 Å². The van der Waals surface area contributed by atoms with Crippen molar-refractivity contribution in [3.05, 3.63) is 0 Å². The second-order valence-electron chi connectivity index (χ2n) is 4.05. The van der Waals surface area contributed by atoms with E-state index < -0.39 is 0 Å². The molecule has 2 nitrogen and oxygen atoms in total. The van der Waals surface area contributed by atoms with Crippen LogP contribution in [0.2, 0.25) is 0 Å². The standard InChI is InChI=1S/C11H21NO/c1-4-10(5-2)12-7-6-11(13)8-9(12)3/h9-10H,4-8H2,1-3H3. The number of rotatable bonds is 3. The fourth-order valence-electron chi connectivity index (χ4n) is 2.32. The molecule has 0 radical (unpaired) electrons. The predicted molar refractivity (Wildman–Crippen MR) is 54.8 cm³/mol. The second-order valence-corrected chi connectivity index (χ2v) is 4.05. The lowest BCUT2D eigenvalue weighted by atomic mass is 9.98. The Balaban J connectivity index is 2.53. The van der Waals surface area contributed by atoms with E-state index in [-0.39, 0.29) is 0 Å². The van der Waals surface area contributed by atoms with Gasteiger partial charge in [0.25, 0.3) is 0 Å². The van der Waals surface area contributed by atoms with Crippen LogP contribution in [0.1, 0.15) is 46.5 Å². The molecule has 0 amide bonds. The Morgan fingerprint density at radius 3 is 2.54 bits per heavy atom. The van der Waals surface area contributed by atoms with Crippen molar-refractivity contribution in [2.24, 2.45) is 0 Å². The van der Waals surface area contributed by atoms with Crippen LogP contribution in [-0.4, -0.2) is 29.3 Å². The minimum Gasteiger partial charge on any atom is -0.300 e. The van der Waals surface area contributed by atoms with Gasteiger partial charge in [-0.1, -0.05) is 13.8 Å². The fraction of sp³-hybridized carbons (Fsp3) is 0.909. The van der Waals surface area contributed by atoms with Gasteiger partial charge in [0, 0.05) is 31.5 Å². The molecule has 13 heavy (non-hydrogen) atoms. The van der Waals surface area contributed by atoms with E-state index in [2.05, 4.69) is 25.7 Å². The Labute approximate surface area is 81.3 Å². The monoisotopic (exact) mass is 183 g/mol. The van der Waals surface area contributed by atoms with Crippen molar-refractivity contribution in [3.63, 3.8) is 0 Å². The Kier molecular flexibility index (Phi) is 3.91. The molecule has 1 saturated heterocycles. The second kappa shape index (κ2) is 4.75. The predicted octanol–water partition coefficient (Wildman–Crippen LogP) is 2.23. The molecular weight excluding hydrogens is 162 g/mol. The summed E-state index contributed by atoms with van der Waals surface area (Å²) in [6.45, 7) is 7.62. The van der Waals surface area contributed by atoms with Crippen molar-refractivity contribution < 1.29 is 4.79 Å². The maximum Gasteiger partial charge on any atom is 0.135 e. The molecule has 1 aliphatic heterocycles. The van der Waals surface area contributed by atoms with Gasteiger partial charge < -0.3 is 0 Å². The number of ketones is 1. The van der Waals surface area contributed by atoms with Gasteiger partial charge in [-0.15, -0.1) is 0 Å². The van der Waals surface area contributed by atoms with Crippen LogP contribution in [-0.2, 0) is 4.79 Å². The van der Waals surface area contributed by atoms with Crippen LogP contribution >= 0.6 is 0 Å². The highest BCUT2D eigenvalue weighted by atomic mass is 16.1. The third kappa shape index (κ3) is 2.53. The number of nitrogens with zero attached hydrogens (tertiary/aromatic N) is 1. The number of hydrogen-bond acceptors (Lipinski definition) is 2. The Morgan fingerprint density at radius 2 is 2.08 bits per heavy atom. The molecule has 76 valence electrons. The van der Waals surface area contributed by atoms with Gasteiger partial charge in [0.05, 0.1) is 0 Å². The van der Waals surface area contributed by atoms with Crippen molar-refractivity contribution in [3.8, 4) is 0 Å². The van der Waals surface area contributed by atoms with Gasteiger partial charge in [-0.3, -0.25) is 9.69 Å². The number of carbonyl (C=O) groups is 1. The van der Waals surface area contributed by atoms with Crippen molar-refractivity contribution >= 4 is 5.78 Å². The molecule has 1 fully saturated rings. The van der Waals surface area contributed by atoms with Gasteiger partial charge in [0.1, 0.15) is 5.78 Å².